The molecule has 27 heavy (non-hydrogen) atoms. The van der Waals surface area contributed by atoms with Gasteiger partial charge in [0.25, 0.3) is 5.91 Å². The van der Waals surface area contributed by atoms with Crippen LogP contribution in [-0.2, 0) is 4.74 Å². The van der Waals surface area contributed by atoms with Crippen LogP contribution >= 0.6 is 23.6 Å². The number of para-hydroxylation sites is 1. The maximum absolute atomic E-state index is 12.6. The highest BCUT2D eigenvalue weighted by molar-refractivity contribution is 7.80. The number of benzene rings is 1. The van der Waals surface area contributed by atoms with E-state index in [-0.39, 0.29) is 12.0 Å². The standard InChI is InChI=1S/C20H21N3O2S2/c1-13-12-23(14-6-3-2-4-7-14)19-16(13)10-17(27-19)18(24)22-20(26)21-11-15-8-5-9-25-15/h2-4,6-7,10,12,15H,5,8-9,11H2,1H3,(H2,21,22,24,26). The lowest BCUT2D eigenvalue weighted by molar-refractivity contribution is 0.0977. The number of aromatic nitrogens is 1. The molecule has 4 rings (SSSR count). The molecule has 0 saturated carbocycles. The van der Waals surface area contributed by atoms with E-state index in [1.165, 1.54) is 11.3 Å². The van der Waals surface area contributed by atoms with Crippen LogP contribution in [0.4, 0.5) is 0 Å². The van der Waals surface area contributed by atoms with Gasteiger partial charge in [-0.1, -0.05) is 18.2 Å². The number of hydrogen-bond donors (Lipinski definition) is 2. The summed E-state index contributed by atoms with van der Waals surface area (Å²) in [4.78, 5) is 14.3. The lowest BCUT2D eigenvalue weighted by Gasteiger charge is -2.12. The molecule has 1 fully saturated rings. The Morgan fingerprint density at radius 2 is 2.19 bits per heavy atom. The Morgan fingerprint density at radius 3 is 2.93 bits per heavy atom. The largest absolute Gasteiger partial charge is 0.376 e. The number of thiocarbonyl (C=S) groups is 1. The van der Waals surface area contributed by atoms with Crippen molar-refractivity contribution in [1.82, 2.24) is 15.2 Å². The molecule has 3 aromatic rings. The highest BCUT2D eigenvalue weighted by atomic mass is 32.1. The Kier molecular flexibility index (Phi) is 5.24. The number of ether oxygens (including phenoxy) is 1. The number of rotatable bonds is 4. The van der Waals surface area contributed by atoms with Crippen LogP contribution in [-0.4, -0.2) is 34.8 Å². The second-order valence-electron chi connectivity index (χ2n) is 6.65. The maximum Gasteiger partial charge on any atom is 0.267 e. The van der Waals surface area contributed by atoms with Gasteiger partial charge in [0.1, 0.15) is 4.83 Å². The summed E-state index contributed by atoms with van der Waals surface area (Å²) in [5.41, 5.74) is 2.22. The van der Waals surface area contributed by atoms with Crippen LogP contribution in [0.2, 0.25) is 0 Å². The van der Waals surface area contributed by atoms with E-state index in [1.54, 1.807) is 0 Å². The van der Waals surface area contributed by atoms with Crippen LogP contribution in [0, 0.1) is 6.92 Å². The first-order valence-electron chi connectivity index (χ1n) is 8.99. The lowest BCUT2D eigenvalue weighted by atomic mass is 10.2. The van der Waals surface area contributed by atoms with Gasteiger partial charge in [-0.25, -0.2) is 0 Å². The third kappa shape index (κ3) is 3.90. The van der Waals surface area contributed by atoms with Gasteiger partial charge in [-0.3, -0.25) is 10.1 Å². The van der Waals surface area contributed by atoms with E-state index < -0.39 is 0 Å². The summed E-state index contributed by atoms with van der Waals surface area (Å²) in [7, 11) is 0. The molecule has 1 aromatic carbocycles. The summed E-state index contributed by atoms with van der Waals surface area (Å²) in [6.45, 7) is 3.49. The van der Waals surface area contributed by atoms with Gasteiger partial charge in [0.15, 0.2) is 5.11 Å². The second kappa shape index (κ2) is 7.80. The summed E-state index contributed by atoms with van der Waals surface area (Å²) in [6.07, 6.45) is 4.39. The first kappa shape index (κ1) is 18.2. The molecule has 7 heteroatoms. The Balaban J connectivity index is 1.48. The van der Waals surface area contributed by atoms with Crippen LogP contribution in [0.25, 0.3) is 15.9 Å². The molecule has 1 unspecified atom stereocenters. The number of nitrogens with one attached hydrogen (secondary N) is 2. The zero-order valence-corrected chi connectivity index (χ0v) is 16.7. The van der Waals surface area contributed by atoms with E-state index in [4.69, 9.17) is 17.0 Å². The first-order chi connectivity index (χ1) is 13.1. The van der Waals surface area contributed by atoms with E-state index in [9.17, 15) is 4.79 Å². The number of thiophene rings is 1. The number of carbonyl (C=O) groups excluding carboxylic acids is 1. The van der Waals surface area contributed by atoms with Gasteiger partial charge in [-0.15, -0.1) is 11.3 Å². The minimum atomic E-state index is -0.181. The van der Waals surface area contributed by atoms with Crippen molar-refractivity contribution < 1.29 is 9.53 Å². The molecular formula is C20H21N3O2S2. The lowest BCUT2D eigenvalue weighted by Crippen LogP contribution is -2.42. The van der Waals surface area contributed by atoms with Crippen molar-refractivity contribution in [1.29, 1.82) is 0 Å². The quantitative estimate of drug-likeness (QED) is 0.656. The van der Waals surface area contributed by atoms with Crippen molar-refractivity contribution in [3.05, 3.63) is 53.0 Å². The third-order valence-electron chi connectivity index (χ3n) is 4.68. The third-order valence-corrected chi connectivity index (χ3v) is 6.06. The van der Waals surface area contributed by atoms with Crippen molar-refractivity contribution >= 4 is 44.8 Å². The fraction of sp³-hybridized carbons (Fsp3) is 0.300. The topological polar surface area (TPSA) is 55.3 Å². The SMILES string of the molecule is Cc1cn(-c2ccccc2)c2sc(C(=O)NC(=S)NCC3CCCO3)cc12. The van der Waals surface area contributed by atoms with Gasteiger partial charge >= 0.3 is 0 Å². The molecule has 0 spiro atoms. The molecule has 2 N–H and O–H groups in total. The first-order valence-corrected chi connectivity index (χ1v) is 10.2. The minimum absolute atomic E-state index is 0.178. The van der Waals surface area contributed by atoms with Gasteiger partial charge in [0.2, 0.25) is 0 Å². The normalized spacial score (nSPS) is 16.6. The molecule has 2 aromatic heterocycles. The predicted molar refractivity (Wildman–Crippen MR) is 113 cm³/mol. The zero-order chi connectivity index (χ0) is 18.8. The number of carbonyl (C=O) groups is 1. The van der Waals surface area contributed by atoms with Crippen molar-refractivity contribution in [2.24, 2.45) is 0 Å². The van der Waals surface area contributed by atoms with Crippen LogP contribution < -0.4 is 10.6 Å². The van der Waals surface area contributed by atoms with Crippen molar-refractivity contribution in [3.63, 3.8) is 0 Å². The minimum Gasteiger partial charge on any atom is -0.376 e. The Morgan fingerprint density at radius 1 is 1.37 bits per heavy atom. The molecule has 0 bridgehead atoms. The Bertz CT molecular complexity index is 972. The molecule has 140 valence electrons. The summed E-state index contributed by atoms with van der Waals surface area (Å²) in [5.74, 6) is -0.181. The van der Waals surface area contributed by atoms with E-state index in [2.05, 4.69) is 40.5 Å². The number of fused-ring (bicyclic) bond motifs is 1. The number of amides is 1. The van der Waals surface area contributed by atoms with E-state index >= 15 is 0 Å². The van der Waals surface area contributed by atoms with E-state index in [0.717, 1.165) is 40.9 Å². The van der Waals surface area contributed by atoms with E-state index in [0.29, 0.717) is 16.5 Å². The average molecular weight is 400 g/mol. The van der Waals surface area contributed by atoms with Crippen LogP contribution in [0.5, 0.6) is 0 Å². The molecule has 5 nitrogen and oxygen atoms in total. The van der Waals surface area contributed by atoms with Gasteiger partial charge in [-0.05, 0) is 55.7 Å². The van der Waals surface area contributed by atoms with Crippen molar-refractivity contribution in [3.8, 4) is 5.69 Å². The molecule has 0 radical (unpaired) electrons. The fourth-order valence-corrected chi connectivity index (χ4v) is 4.57. The predicted octanol–water partition coefficient (Wildman–Crippen LogP) is 3.78. The molecule has 3 heterocycles. The zero-order valence-electron chi connectivity index (χ0n) is 15.0. The Hall–Kier alpha value is -2.22. The Labute approximate surface area is 167 Å². The molecule has 1 amide bonds. The van der Waals surface area contributed by atoms with E-state index in [1.807, 2.05) is 24.3 Å². The summed E-state index contributed by atoms with van der Waals surface area (Å²) in [6, 6.07) is 12.1. The number of aryl methyl sites for hydroxylation is 1. The second-order valence-corrected chi connectivity index (χ2v) is 8.09. The average Bonchev–Trinajstić information content (AvgIpc) is 3.39. The van der Waals surface area contributed by atoms with Crippen LogP contribution in [0.15, 0.2) is 42.6 Å². The summed E-state index contributed by atoms with van der Waals surface area (Å²) in [5, 5.41) is 7.29. The number of hydrogen-bond acceptors (Lipinski definition) is 4. The molecular weight excluding hydrogens is 378 g/mol. The van der Waals surface area contributed by atoms with Crippen LogP contribution in [0.3, 0.4) is 0 Å². The van der Waals surface area contributed by atoms with Crippen molar-refractivity contribution in [2.75, 3.05) is 13.2 Å². The number of nitrogens with zero attached hydrogens (tertiary/aromatic N) is 1. The summed E-state index contributed by atoms with van der Waals surface area (Å²) >= 11 is 6.73. The molecule has 1 aliphatic rings. The van der Waals surface area contributed by atoms with Gasteiger partial charge in [0.05, 0.1) is 11.0 Å². The smallest absolute Gasteiger partial charge is 0.267 e. The fourth-order valence-electron chi connectivity index (χ4n) is 3.28. The van der Waals surface area contributed by atoms with Crippen molar-refractivity contribution in [2.45, 2.75) is 25.9 Å². The van der Waals surface area contributed by atoms with Gasteiger partial charge in [0, 0.05) is 30.4 Å². The molecule has 0 aliphatic carbocycles. The highest BCUT2D eigenvalue weighted by Crippen LogP contribution is 2.32. The molecule has 1 atom stereocenters. The highest BCUT2D eigenvalue weighted by Gasteiger charge is 2.18. The molecule has 1 saturated heterocycles. The van der Waals surface area contributed by atoms with Gasteiger partial charge in [-0.2, -0.15) is 0 Å². The monoisotopic (exact) mass is 399 g/mol. The maximum atomic E-state index is 12.6. The van der Waals surface area contributed by atoms with Gasteiger partial charge < -0.3 is 14.6 Å². The summed E-state index contributed by atoms with van der Waals surface area (Å²) < 4.78 is 7.68. The molecule has 1 aliphatic heterocycles. The van der Waals surface area contributed by atoms with Crippen LogP contribution in [0.1, 0.15) is 28.1 Å².